The molecule has 0 aliphatic rings. The Morgan fingerprint density at radius 2 is 2.10 bits per heavy atom. The number of hydrogen-bond acceptors (Lipinski definition) is 3. The molecule has 0 aliphatic heterocycles. The van der Waals surface area contributed by atoms with Crippen LogP contribution in [0.1, 0.15) is 16.1 Å². The molecule has 0 fully saturated rings. The third-order valence-corrected chi connectivity index (χ3v) is 3.58. The Hall–Kier alpha value is -1.50. The number of hydrogen-bond donors (Lipinski definition) is 2. The van der Waals surface area contributed by atoms with Crippen molar-refractivity contribution >= 4 is 56.3 Å². The molecule has 102 valence electrons. The average molecular weight is 371 g/mol. The van der Waals surface area contributed by atoms with Gasteiger partial charge in [-0.1, -0.05) is 23.8 Å². The summed E-state index contributed by atoms with van der Waals surface area (Å²) in [5.41, 5.74) is 7.14. The monoisotopic (exact) mass is 369 g/mol. The fraction of sp³-hybridized carbons (Fsp3) is 0. The molecule has 0 bridgehead atoms. The minimum absolute atomic E-state index is 0.278. The first-order valence-electron chi connectivity index (χ1n) is 5.49. The molecule has 4 nitrogen and oxygen atoms in total. The van der Waals surface area contributed by atoms with Crippen molar-refractivity contribution in [3.63, 3.8) is 0 Å². The molecule has 2 aromatic rings. The lowest BCUT2D eigenvalue weighted by molar-refractivity contribution is 0.102. The van der Waals surface area contributed by atoms with Crippen molar-refractivity contribution in [2.75, 3.05) is 5.32 Å². The Labute approximate surface area is 134 Å². The Kier molecular flexibility index (Phi) is 4.69. The first kappa shape index (κ1) is 14.9. The summed E-state index contributed by atoms with van der Waals surface area (Å²) in [6.07, 6.45) is 1.42. The number of nitrogens with zero attached hydrogens (tertiary/aromatic N) is 1. The van der Waals surface area contributed by atoms with E-state index >= 15 is 0 Å². The van der Waals surface area contributed by atoms with E-state index < -0.39 is 0 Å². The lowest BCUT2D eigenvalue weighted by atomic mass is 10.2. The SMILES string of the molecule is NC(=S)c1ccc(NC(=O)c2ccc(Cl)cn2)c(Br)c1. The molecule has 2 rings (SSSR count). The van der Waals surface area contributed by atoms with Gasteiger partial charge in [0.25, 0.3) is 5.91 Å². The predicted molar refractivity (Wildman–Crippen MR) is 87.2 cm³/mol. The lowest BCUT2D eigenvalue weighted by Crippen LogP contribution is -2.14. The van der Waals surface area contributed by atoms with E-state index in [1.165, 1.54) is 6.20 Å². The zero-order valence-corrected chi connectivity index (χ0v) is 13.2. The van der Waals surface area contributed by atoms with Gasteiger partial charge in [0, 0.05) is 16.2 Å². The highest BCUT2D eigenvalue weighted by molar-refractivity contribution is 9.10. The van der Waals surface area contributed by atoms with Gasteiger partial charge in [0.05, 0.1) is 10.7 Å². The standard InChI is InChI=1S/C13H9BrClN3OS/c14-9-5-7(12(16)20)1-3-10(9)18-13(19)11-4-2-8(15)6-17-11/h1-6H,(H2,16,20)(H,18,19). The van der Waals surface area contributed by atoms with Crippen LogP contribution in [0.15, 0.2) is 41.0 Å². The highest BCUT2D eigenvalue weighted by Crippen LogP contribution is 2.24. The van der Waals surface area contributed by atoms with Crippen LogP contribution in [0.4, 0.5) is 5.69 Å². The number of aromatic nitrogens is 1. The van der Waals surface area contributed by atoms with Crippen LogP contribution in [0.2, 0.25) is 5.02 Å². The zero-order valence-electron chi connectivity index (χ0n) is 10.1. The van der Waals surface area contributed by atoms with Gasteiger partial charge in [0.1, 0.15) is 10.7 Å². The summed E-state index contributed by atoms with van der Waals surface area (Å²) in [7, 11) is 0. The third kappa shape index (κ3) is 3.53. The molecule has 0 saturated carbocycles. The van der Waals surface area contributed by atoms with Crippen LogP contribution in [-0.2, 0) is 0 Å². The van der Waals surface area contributed by atoms with Gasteiger partial charge in [0.15, 0.2) is 0 Å². The van der Waals surface area contributed by atoms with E-state index in [0.29, 0.717) is 20.2 Å². The van der Waals surface area contributed by atoms with Crippen LogP contribution in [0, 0.1) is 0 Å². The van der Waals surface area contributed by atoms with Crippen LogP contribution in [-0.4, -0.2) is 15.9 Å². The maximum absolute atomic E-state index is 12.0. The topological polar surface area (TPSA) is 68.0 Å². The molecule has 1 heterocycles. The first-order valence-corrected chi connectivity index (χ1v) is 7.07. The molecule has 0 saturated heterocycles. The number of rotatable bonds is 3. The van der Waals surface area contributed by atoms with Gasteiger partial charge >= 0.3 is 0 Å². The Bertz CT molecular complexity index is 676. The van der Waals surface area contributed by atoms with Crippen LogP contribution >= 0.6 is 39.7 Å². The first-order chi connectivity index (χ1) is 9.47. The number of thiocarbonyl (C=S) groups is 1. The molecule has 1 amide bonds. The van der Waals surface area contributed by atoms with E-state index in [1.54, 1.807) is 30.3 Å². The van der Waals surface area contributed by atoms with Crippen molar-refractivity contribution in [1.82, 2.24) is 4.98 Å². The molecular formula is C13H9BrClN3OS. The Morgan fingerprint density at radius 1 is 1.35 bits per heavy atom. The number of carbonyl (C=O) groups is 1. The molecule has 3 N–H and O–H groups in total. The number of amides is 1. The molecule has 0 atom stereocenters. The number of nitrogens with two attached hydrogens (primary N) is 1. The normalized spacial score (nSPS) is 10.1. The largest absolute Gasteiger partial charge is 0.389 e. The van der Waals surface area contributed by atoms with E-state index in [-0.39, 0.29) is 11.6 Å². The summed E-state index contributed by atoms with van der Waals surface area (Å²) in [6.45, 7) is 0. The molecule has 1 aromatic carbocycles. The summed E-state index contributed by atoms with van der Waals surface area (Å²) in [5.74, 6) is -0.328. The number of carbonyl (C=O) groups excluding carboxylic acids is 1. The van der Waals surface area contributed by atoms with Crippen LogP contribution in [0.3, 0.4) is 0 Å². The summed E-state index contributed by atoms with van der Waals surface area (Å²) in [5, 5.41) is 3.21. The fourth-order valence-electron chi connectivity index (χ4n) is 1.47. The minimum Gasteiger partial charge on any atom is -0.389 e. The second kappa shape index (κ2) is 6.30. The van der Waals surface area contributed by atoms with Crippen molar-refractivity contribution < 1.29 is 4.79 Å². The van der Waals surface area contributed by atoms with E-state index in [0.717, 1.165) is 5.56 Å². The average Bonchev–Trinajstić information content (AvgIpc) is 2.41. The minimum atomic E-state index is -0.328. The van der Waals surface area contributed by atoms with Crippen LogP contribution in [0.5, 0.6) is 0 Å². The number of benzene rings is 1. The van der Waals surface area contributed by atoms with Gasteiger partial charge < -0.3 is 11.1 Å². The molecule has 20 heavy (non-hydrogen) atoms. The lowest BCUT2D eigenvalue weighted by Gasteiger charge is -2.08. The smallest absolute Gasteiger partial charge is 0.274 e. The van der Waals surface area contributed by atoms with Crippen molar-refractivity contribution in [3.8, 4) is 0 Å². The van der Waals surface area contributed by atoms with Crippen molar-refractivity contribution in [3.05, 3.63) is 57.3 Å². The fourth-order valence-corrected chi connectivity index (χ4v) is 2.18. The van der Waals surface area contributed by atoms with E-state index in [1.807, 2.05) is 0 Å². The van der Waals surface area contributed by atoms with Gasteiger partial charge in [-0.05, 0) is 46.3 Å². The highest BCUT2D eigenvalue weighted by Gasteiger charge is 2.10. The maximum Gasteiger partial charge on any atom is 0.274 e. The third-order valence-electron chi connectivity index (χ3n) is 2.46. The second-order valence-electron chi connectivity index (χ2n) is 3.87. The summed E-state index contributed by atoms with van der Waals surface area (Å²) >= 11 is 14.0. The summed E-state index contributed by atoms with van der Waals surface area (Å²) in [6, 6.07) is 8.35. The summed E-state index contributed by atoms with van der Waals surface area (Å²) in [4.78, 5) is 16.3. The molecular weight excluding hydrogens is 362 g/mol. The van der Waals surface area contributed by atoms with Gasteiger partial charge in [0.2, 0.25) is 0 Å². The number of nitrogens with one attached hydrogen (secondary N) is 1. The van der Waals surface area contributed by atoms with Gasteiger partial charge in [-0.25, -0.2) is 4.98 Å². The van der Waals surface area contributed by atoms with Crippen molar-refractivity contribution in [1.29, 1.82) is 0 Å². The van der Waals surface area contributed by atoms with Crippen LogP contribution < -0.4 is 11.1 Å². The highest BCUT2D eigenvalue weighted by atomic mass is 79.9. The van der Waals surface area contributed by atoms with Crippen LogP contribution in [0.25, 0.3) is 0 Å². The maximum atomic E-state index is 12.0. The molecule has 0 spiro atoms. The number of anilines is 1. The number of halogens is 2. The number of pyridine rings is 1. The molecule has 7 heteroatoms. The van der Waals surface area contributed by atoms with Gasteiger partial charge in [-0.2, -0.15) is 0 Å². The van der Waals surface area contributed by atoms with Gasteiger partial charge in [-0.15, -0.1) is 0 Å². The Balaban J connectivity index is 2.19. The van der Waals surface area contributed by atoms with Crippen molar-refractivity contribution in [2.24, 2.45) is 5.73 Å². The summed E-state index contributed by atoms with van der Waals surface area (Å²) < 4.78 is 0.685. The predicted octanol–water partition coefficient (Wildman–Crippen LogP) is 3.38. The van der Waals surface area contributed by atoms with E-state index in [4.69, 9.17) is 29.6 Å². The zero-order chi connectivity index (χ0) is 14.7. The van der Waals surface area contributed by atoms with E-state index in [9.17, 15) is 4.79 Å². The molecule has 1 aromatic heterocycles. The second-order valence-corrected chi connectivity index (χ2v) is 5.61. The molecule has 0 aliphatic carbocycles. The quantitative estimate of drug-likeness (QED) is 0.813. The molecule has 0 radical (unpaired) electrons. The molecule has 0 unspecified atom stereocenters. The van der Waals surface area contributed by atoms with Gasteiger partial charge in [-0.3, -0.25) is 4.79 Å². The Morgan fingerprint density at radius 3 is 2.65 bits per heavy atom. The van der Waals surface area contributed by atoms with E-state index in [2.05, 4.69) is 26.2 Å². The van der Waals surface area contributed by atoms with Crippen molar-refractivity contribution in [2.45, 2.75) is 0 Å².